The molecule has 0 amide bonds. The molecule has 2 N–H and O–H groups in total. The van der Waals surface area contributed by atoms with Crippen molar-refractivity contribution in [2.45, 2.75) is 6.54 Å². The number of pyridine rings is 1. The van der Waals surface area contributed by atoms with Gasteiger partial charge in [-0.3, -0.25) is 4.98 Å². The Hall–Kier alpha value is -1.35. The van der Waals surface area contributed by atoms with Crippen LogP contribution in [-0.4, -0.2) is 9.55 Å². The molecule has 0 spiro atoms. The molecule has 3 nitrogen and oxygen atoms in total. The number of hydrogen-bond donors (Lipinski definition) is 1. The Bertz CT molecular complexity index is 403. The fourth-order valence-corrected chi connectivity index (χ4v) is 1.32. The molecule has 0 aliphatic heterocycles. The molecule has 62 valence electrons. The zero-order valence-electron chi connectivity index (χ0n) is 6.99. The summed E-state index contributed by atoms with van der Waals surface area (Å²) in [5, 5.41) is 1.20. The van der Waals surface area contributed by atoms with Gasteiger partial charge in [0.15, 0.2) is 0 Å². The number of fused-ring (bicyclic) bond motifs is 1. The molecule has 0 saturated carbocycles. The fourth-order valence-electron chi connectivity index (χ4n) is 1.32. The Morgan fingerprint density at radius 3 is 3.17 bits per heavy atom. The number of aromatic nitrogens is 2. The third-order valence-corrected chi connectivity index (χ3v) is 2.04. The Kier molecular flexibility index (Phi) is 1.59. The van der Waals surface area contributed by atoms with Crippen molar-refractivity contribution in [1.29, 1.82) is 0 Å². The van der Waals surface area contributed by atoms with E-state index in [2.05, 4.69) is 11.1 Å². The van der Waals surface area contributed by atoms with Crippen LogP contribution in [-0.2, 0) is 13.6 Å². The van der Waals surface area contributed by atoms with Crippen LogP contribution in [0.15, 0.2) is 24.5 Å². The van der Waals surface area contributed by atoms with Crippen LogP contribution in [0.4, 0.5) is 0 Å². The summed E-state index contributed by atoms with van der Waals surface area (Å²) >= 11 is 0. The lowest BCUT2D eigenvalue weighted by Crippen LogP contribution is -1.98. The third-order valence-electron chi connectivity index (χ3n) is 2.04. The second kappa shape index (κ2) is 2.60. The number of aryl methyl sites for hydroxylation is 1. The molecule has 0 aliphatic carbocycles. The summed E-state index contributed by atoms with van der Waals surface area (Å²) < 4.78 is 2.04. The van der Waals surface area contributed by atoms with Gasteiger partial charge >= 0.3 is 0 Å². The second-order valence-corrected chi connectivity index (χ2v) is 2.87. The number of rotatable bonds is 1. The topological polar surface area (TPSA) is 43.8 Å². The molecule has 0 atom stereocenters. The average molecular weight is 161 g/mol. The normalized spacial score (nSPS) is 10.8. The van der Waals surface area contributed by atoms with Gasteiger partial charge in [0.25, 0.3) is 0 Å². The first-order valence-electron chi connectivity index (χ1n) is 3.91. The average Bonchev–Trinajstić information content (AvgIpc) is 2.47. The molecular weight excluding hydrogens is 150 g/mol. The van der Waals surface area contributed by atoms with Crippen molar-refractivity contribution in [3.8, 4) is 0 Å². The van der Waals surface area contributed by atoms with Crippen LogP contribution in [0.1, 0.15) is 5.69 Å². The first kappa shape index (κ1) is 7.31. The van der Waals surface area contributed by atoms with E-state index in [1.807, 2.05) is 30.1 Å². The summed E-state index contributed by atoms with van der Waals surface area (Å²) in [5.41, 5.74) is 7.56. The predicted octanol–water partition coefficient (Wildman–Crippen LogP) is 1.03. The zero-order chi connectivity index (χ0) is 8.55. The maximum Gasteiger partial charge on any atom is 0.0664 e. The highest BCUT2D eigenvalue weighted by Gasteiger charge is 1.98. The Labute approximate surface area is 70.8 Å². The lowest BCUT2D eigenvalue weighted by molar-refractivity contribution is 0.953. The van der Waals surface area contributed by atoms with Crippen LogP contribution in [0, 0.1) is 0 Å². The van der Waals surface area contributed by atoms with Gasteiger partial charge in [-0.1, -0.05) is 0 Å². The van der Waals surface area contributed by atoms with Gasteiger partial charge in [-0.15, -0.1) is 0 Å². The number of hydrogen-bond acceptors (Lipinski definition) is 2. The lowest BCUT2D eigenvalue weighted by atomic mass is 10.2. The van der Waals surface area contributed by atoms with Gasteiger partial charge in [0, 0.05) is 25.2 Å². The highest BCUT2D eigenvalue weighted by Crippen LogP contribution is 2.13. The van der Waals surface area contributed by atoms with Crippen molar-refractivity contribution in [3.63, 3.8) is 0 Å². The molecule has 0 unspecified atom stereocenters. The minimum absolute atomic E-state index is 0.505. The smallest absolute Gasteiger partial charge is 0.0664 e. The molecule has 0 fully saturated rings. The summed E-state index contributed by atoms with van der Waals surface area (Å²) in [6, 6.07) is 4.09. The summed E-state index contributed by atoms with van der Waals surface area (Å²) in [4.78, 5) is 4.21. The molecule has 0 saturated heterocycles. The third kappa shape index (κ3) is 0.987. The molecule has 0 radical (unpaired) electrons. The largest absolute Gasteiger partial charge is 0.349 e. The van der Waals surface area contributed by atoms with Gasteiger partial charge in [0.2, 0.25) is 0 Å². The van der Waals surface area contributed by atoms with E-state index < -0.39 is 0 Å². The van der Waals surface area contributed by atoms with Gasteiger partial charge in [-0.25, -0.2) is 0 Å². The molecule has 2 rings (SSSR count). The van der Waals surface area contributed by atoms with E-state index in [4.69, 9.17) is 5.73 Å². The first-order chi connectivity index (χ1) is 5.81. The fraction of sp³-hybridized carbons (Fsp3) is 0.222. The zero-order valence-corrected chi connectivity index (χ0v) is 6.99. The van der Waals surface area contributed by atoms with Gasteiger partial charge < -0.3 is 10.3 Å². The molecule has 3 heteroatoms. The van der Waals surface area contributed by atoms with E-state index in [0.29, 0.717) is 6.54 Å². The number of nitrogens with zero attached hydrogens (tertiary/aromatic N) is 2. The summed E-state index contributed by atoms with van der Waals surface area (Å²) in [5.74, 6) is 0. The Morgan fingerprint density at radius 1 is 1.58 bits per heavy atom. The van der Waals surface area contributed by atoms with E-state index in [9.17, 15) is 0 Å². The van der Waals surface area contributed by atoms with Crippen molar-refractivity contribution in [3.05, 3.63) is 30.2 Å². The number of nitrogens with two attached hydrogens (primary N) is 1. The van der Waals surface area contributed by atoms with E-state index in [0.717, 1.165) is 11.2 Å². The quantitative estimate of drug-likeness (QED) is 0.679. The van der Waals surface area contributed by atoms with Gasteiger partial charge in [0.1, 0.15) is 0 Å². The van der Waals surface area contributed by atoms with Crippen molar-refractivity contribution in [1.82, 2.24) is 9.55 Å². The predicted molar refractivity (Wildman–Crippen MR) is 48.6 cm³/mol. The molecule has 12 heavy (non-hydrogen) atoms. The van der Waals surface area contributed by atoms with Crippen LogP contribution in [0.25, 0.3) is 10.9 Å². The molecule has 2 aromatic heterocycles. The standard InChI is InChI=1S/C9H11N3/c1-12-3-2-7-4-8(5-10)11-6-9(7)12/h2-4,6H,5,10H2,1H3. The monoisotopic (exact) mass is 161 g/mol. The molecule has 0 bridgehead atoms. The van der Waals surface area contributed by atoms with Crippen molar-refractivity contribution < 1.29 is 0 Å². The van der Waals surface area contributed by atoms with Crippen LogP contribution in [0.2, 0.25) is 0 Å². The van der Waals surface area contributed by atoms with Gasteiger partial charge in [-0.05, 0) is 12.1 Å². The Balaban J connectivity index is 2.69. The SMILES string of the molecule is Cn1ccc2cc(CN)ncc21. The summed E-state index contributed by atoms with van der Waals surface area (Å²) in [6.07, 6.45) is 3.88. The van der Waals surface area contributed by atoms with E-state index in [-0.39, 0.29) is 0 Å². The van der Waals surface area contributed by atoms with Crippen molar-refractivity contribution in [2.75, 3.05) is 0 Å². The molecular formula is C9H11N3. The maximum absolute atomic E-state index is 5.48. The Morgan fingerprint density at radius 2 is 2.42 bits per heavy atom. The minimum atomic E-state index is 0.505. The molecule has 2 aromatic rings. The highest BCUT2D eigenvalue weighted by molar-refractivity contribution is 5.79. The summed E-state index contributed by atoms with van der Waals surface area (Å²) in [7, 11) is 2.01. The van der Waals surface area contributed by atoms with Crippen LogP contribution in [0.5, 0.6) is 0 Å². The van der Waals surface area contributed by atoms with E-state index in [1.165, 1.54) is 5.39 Å². The van der Waals surface area contributed by atoms with Crippen LogP contribution >= 0.6 is 0 Å². The van der Waals surface area contributed by atoms with Gasteiger partial charge in [-0.2, -0.15) is 0 Å². The van der Waals surface area contributed by atoms with E-state index in [1.54, 1.807) is 0 Å². The van der Waals surface area contributed by atoms with Crippen molar-refractivity contribution >= 4 is 10.9 Å². The first-order valence-corrected chi connectivity index (χ1v) is 3.91. The molecule has 0 aromatic carbocycles. The molecule has 2 heterocycles. The van der Waals surface area contributed by atoms with E-state index >= 15 is 0 Å². The summed E-state index contributed by atoms with van der Waals surface area (Å²) in [6.45, 7) is 0.505. The van der Waals surface area contributed by atoms with Crippen molar-refractivity contribution in [2.24, 2.45) is 12.8 Å². The maximum atomic E-state index is 5.48. The van der Waals surface area contributed by atoms with Gasteiger partial charge in [0.05, 0.1) is 17.4 Å². The lowest BCUT2D eigenvalue weighted by Gasteiger charge is -1.97. The van der Waals surface area contributed by atoms with Crippen LogP contribution in [0.3, 0.4) is 0 Å². The highest BCUT2D eigenvalue weighted by atomic mass is 14.9. The molecule has 0 aliphatic rings. The minimum Gasteiger partial charge on any atom is -0.349 e. The van der Waals surface area contributed by atoms with Crippen LogP contribution < -0.4 is 5.73 Å². The second-order valence-electron chi connectivity index (χ2n) is 2.87.